The van der Waals surface area contributed by atoms with E-state index in [9.17, 15) is 4.39 Å². The molecule has 1 aliphatic rings. The Kier molecular flexibility index (Phi) is 3.24. The molecule has 1 aromatic carbocycles. The molecule has 3 N–H and O–H groups in total. The van der Waals surface area contributed by atoms with Crippen LogP contribution in [0.1, 0.15) is 32.6 Å². The number of nitrogens with one attached hydrogen (secondary N) is 1. The van der Waals surface area contributed by atoms with Gasteiger partial charge in [0.05, 0.1) is 11.2 Å². The number of pyridine rings is 1. The third kappa shape index (κ3) is 2.09. The molecule has 1 fully saturated rings. The molecule has 3 rings (SSSR count). The molecule has 0 spiro atoms. The summed E-state index contributed by atoms with van der Waals surface area (Å²) in [4.78, 5) is 4.29. The molecule has 0 radical (unpaired) electrons. The van der Waals surface area contributed by atoms with Crippen molar-refractivity contribution in [3.05, 3.63) is 30.2 Å². The van der Waals surface area contributed by atoms with E-state index < -0.39 is 0 Å². The fourth-order valence-corrected chi connectivity index (χ4v) is 3.01. The van der Waals surface area contributed by atoms with Crippen LogP contribution in [0.25, 0.3) is 10.9 Å². The molecule has 0 unspecified atom stereocenters. The number of nitrogens with zero attached hydrogens (tertiary/aromatic N) is 1. The van der Waals surface area contributed by atoms with E-state index in [1.807, 2.05) is 12.1 Å². The maximum atomic E-state index is 14.2. The number of fused-ring (bicyclic) bond motifs is 1. The molecule has 0 bridgehead atoms. The van der Waals surface area contributed by atoms with Crippen LogP contribution in [-0.2, 0) is 0 Å². The average molecular weight is 273 g/mol. The van der Waals surface area contributed by atoms with Gasteiger partial charge in [0, 0.05) is 23.8 Å². The minimum Gasteiger partial charge on any atom is -0.398 e. The Morgan fingerprint density at radius 1 is 1.45 bits per heavy atom. The summed E-state index contributed by atoms with van der Waals surface area (Å²) in [6.45, 7) is 3.01. The molecule has 4 heteroatoms. The molecule has 0 atom stereocenters. The molecular weight excluding hydrogens is 253 g/mol. The summed E-state index contributed by atoms with van der Waals surface area (Å²) in [6.07, 6.45) is 6.52. The van der Waals surface area contributed by atoms with Gasteiger partial charge in [0.1, 0.15) is 0 Å². The number of hydrogen-bond acceptors (Lipinski definition) is 3. The highest BCUT2D eigenvalue weighted by atomic mass is 19.1. The smallest absolute Gasteiger partial charge is 0.150 e. The third-order valence-corrected chi connectivity index (χ3v) is 4.68. The monoisotopic (exact) mass is 273 g/mol. The van der Waals surface area contributed by atoms with Crippen LogP contribution in [0.3, 0.4) is 0 Å². The molecule has 0 amide bonds. The number of benzene rings is 1. The lowest BCUT2D eigenvalue weighted by atomic mass is 9.67. The van der Waals surface area contributed by atoms with Crippen LogP contribution in [-0.4, -0.2) is 11.5 Å². The maximum Gasteiger partial charge on any atom is 0.150 e. The zero-order valence-corrected chi connectivity index (χ0v) is 11.7. The lowest BCUT2D eigenvalue weighted by molar-refractivity contribution is 0.145. The van der Waals surface area contributed by atoms with Gasteiger partial charge >= 0.3 is 0 Å². The Bertz CT molecular complexity index is 629. The van der Waals surface area contributed by atoms with E-state index in [1.165, 1.54) is 25.3 Å². The van der Waals surface area contributed by atoms with Crippen molar-refractivity contribution in [1.82, 2.24) is 4.98 Å². The van der Waals surface area contributed by atoms with E-state index in [2.05, 4.69) is 17.2 Å². The zero-order chi connectivity index (χ0) is 14.2. The first-order chi connectivity index (χ1) is 9.65. The molecule has 20 heavy (non-hydrogen) atoms. The van der Waals surface area contributed by atoms with Gasteiger partial charge in [0.2, 0.25) is 0 Å². The summed E-state index contributed by atoms with van der Waals surface area (Å²) in [5.41, 5.74) is 7.73. The second-order valence-electron chi connectivity index (χ2n) is 5.78. The third-order valence-electron chi connectivity index (χ3n) is 4.68. The van der Waals surface area contributed by atoms with Crippen LogP contribution < -0.4 is 11.1 Å². The Labute approximate surface area is 118 Å². The molecule has 1 aromatic heterocycles. The quantitative estimate of drug-likeness (QED) is 0.829. The number of aromatic nitrogens is 1. The van der Waals surface area contributed by atoms with Crippen LogP contribution in [0.2, 0.25) is 0 Å². The van der Waals surface area contributed by atoms with Crippen molar-refractivity contribution in [3.63, 3.8) is 0 Å². The van der Waals surface area contributed by atoms with Crippen LogP contribution in [0.5, 0.6) is 0 Å². The first-order valence-electron chi connectivity index (χ1n) is 7.22. The van der Waals surface area contributed by atoms with Crippen molar-refractivity contribution in [2.45, 2.75) is 32.6 Å². The van der Waals surface area contributed by atoms with Gasteiger partial charge in [-0.2, -0.15) is 0 Å². The van der Waals surface area contributed by atoms with Gasteiger partial charge in [-0.15, -0.1) is 0 Å². The lowest BCUT2D eigenvalue weighted by Gasteiger charge is -2.41. The van der Waals surface area contributed by atoms with Gasteiger partial charge in [0.25, 0.3) is 0 Å². The number of anilines is 2. The largest absolute Gasteiger partial charge is 0.398 e. The Morgan fingerprint density at radius 3 is 2.90 bits per heavy atom. The molecule has 1 heterocycles. The molecule has 0 saturated heterocycles. The second kappa shape index (κ2) is 4.93. The summed E-state index contributed by atoms with van der Waals surface area (Å²) < 4.78 is 14.2. The molecule has 2 aromatic rings. The van der Waals surface area contributed by atoms with E-state index in [1.54, 1.807) is 6.20 Å². The number of nitrogen functional groups attached to an aromatic ring is 1. The normalized spacial score (nSPS) is 16.9. The van der Waals surface area contributed by atoms with Gasteiger partial charge in [-0.05, 0) is 42.9 Å². The fraction of sp³-hybridized carbons (Fsp3) is 0.438. The van der Waals surface area contributed by atoms with Crippen LogP contribution in [0.15, 0.2) is 24.4 Å². The lowest BCUT2D eigenvalue weighted by Crippen LogP contribution is -2.36. The Hall–Kier alpha value is -1.84. The molecule has 0 aliphatic heterocycles. The van der Waals surface area contributed by atoms with Crippen molar-refractivity contribution in [2.75, 3.05) is 17.6 Å². The summed E-state index contributed by atoms with van der Waals surface area (Å²) in [6, 6.07) is 5.08. The van der Waals surface area contributed by atoms with Gasteiger partial charge in [-0.1, -0.05) is 13.3 Å². The van der Waals surface area contributed by atoms with Crippen molar-refractivity contribution in [1.29, 1.82) is 0 Å². The van der Waals surface area contributed by atoms with Gasteiger partial charge < -0.3 is 11.1 Å². The van der Waals surface area contributed by atoms with E-state index in [-0.39, 0.29) is 5.82 Å². The molecule has 106 valence electrons. The molecular formula is C16H20FN3. The number of halogens is 1. The summed E-state index contributed by atoms with van der Waals surface area (Å²) in [7, 11) is 0. The Morgan fingerprint density at radius 2 is 2.25 bits per heavy atom. The summed E-state index contributed by atoms with van der Waals surface area (Å²) in [5.74, 6) is -0.320. The van der Waals surface area contributed by atoms with Crippen molar-refractivity contribution in [3.8, 4) is 0 Å². The summed E-state index contributed by atoms with van der Waals surface area (Å²) >= 11 is 0. The second-order valence-corrected chi connectivity index (χ2v) is 5.78. The van der Waals surface area contributed by atoms with Gasteiger partial charge in [-0.3, -0.25) is 4.98 Å². The Balaban J connectivity index is 1.95. The first kappa shape index (κ1) is 13.2. The number of rotatable bonds is 4. The SMILES string of the molecule is CCC1(CNc2c(F)cc(N)c3cccnc23)CCC1. The number of nitrogens with two attached hydrogens (primary N) is 1. The van der Waals surface area contributed by atoms with Gasteiger partial charge in [0.15, 0.2) is 5.82 Å². The predicted octanol–water partition coefficient (Wildman–Crippen LogP) is 3.95. The zero-order valence-electron chi connectivity index (χ0n) is 11.7. The van der Waals surface area contributed by atoms with Crippen molar-refractivity contribution < 1.29 is 4.39 Å². The molecule has 1 saturated carbocycles. The van der Waals surface area contributed by atoms with E-state index in [0.29, 0.717) is 22.3 Å². The van der Waals surface area contributed by atoms with E-state index >= 15 is 0 Å². The average Bonchev–Trinajstić information content (AvgIpc) is 2.41. The minimum atomic E-state index is -0.320. The molecule has 1 aliphatic carbocycles. The van der Waals surface area contributed by atoms with Crippen molar-refractivity contribution in [2.24, 2.45) is 5.41 Å². The van der Waals surface area contributed by atoms with Gasteiger partial charge in [-0.25, -0.2) is 4.39 Å². The standard InChI is InChI=1S/C16H20FN3/c1-2-16(6-4-7-16)10-20-15-12(17)9-13(18)11-5-3-8-19-14(11)15/h3,5,8-9,20H,2,4,6-7,10,18H2,1H3. The van der Waals surface area contributed by atoms with Crippen LogP contribution >= 0.6 is 0 Å². The highest BCUT2D eigenvalue weighted by Gasteiger charge is 2.35. The van der Waals surface area contributed by atoms with Crippen LogP contribution in [0.4, 0.5) is 15.8 Å². The van der Waals surface area contributed by atoms with E-state index in [0.717, 1.165) is 18.4 Å². The predicted molar refractivity (Wildman–Crippen MR) is 81.2 cm³/mol. The van der Waals surface area contributed by atoms with Crippen molar-refractivity contribution >= 4 is 22.3 Å². The first-order valence-corrected chi connectivity index (χ1v) is 7.22. The number of hydrogen-bond donors (Lipinski definition) is 2. The van der Waals surface area contributed by atoms with Crippen LogP contribution in [0, 0.1) is 11.2 Å². The minimum absolute atomic E-state index is 0.320. The summed E-state index contributed by atoms with van der Waals surface area (Å²) in [5, 5.41) is 4.09. The highest BCUT2D eigenvalue weighted by molar-refractivity contribution is 5.98. The maximum absolute atomic E-state index is 14.2. The molecule has 3 nitrogen and oxygen atoms in total. The van der Waals surface area contributed by atoms with E-state index in [4.69, 9.17) is 5.73 Å². The topological polar surface area (TPSA) is 50.9 Å². The fourth-order valence-electron chi connectivity index (χ4n) is 3.01. The highest BCUT2D eigenvalue weighted by Crippen LogP contribution is 2.44.